The summed E-state index contributed by atoms with van der Waals surface area (Å²) >= 11 is 6.00. The summed E-state index contributed by atoms with van der Waals surface area (Å²) in [5.41, 5.74) is 1.48. The van der Waals surface area contributed by atoms with Crippen LogP contribution in [0.3, 0.4) is 0 Å². The van der Waals surface area contributed by atoms with Crippen LogP contribution in [-0.4, -0.2) is 15.1 Å². The number of rotatable bonds is 2. The summed E-state index contributed by atoms with van der Waals surface area (Å²) in [6.45, 7) is -0.0528. The minimum Gasteiger partial charge on any atom is -0.392 e. The zero-order valence-corrected chi connectivity index (χ0v) is 8.65. The Bertz CT molecular complexity index is 456. The van der Waals surface area contributed by atoms with Crippen molar-refractivity contribution in [3.63, 3.8) is 0 Å². The lowest BCUT2D eigenvalue weighted by molar-refractivity contribution is 0.281. The van der Waals surface area contributed by atoms with Crippen molar-refractivity contribution in [1.82, 2.24) is 9.97 Å². The number of benzene rings is 1. The van der Waals surface area contributed by atoms with Crippen LogP contribution >= 0.6 is 11.6 Å². The molecule has 1 N–H and O–H groups in total. The Balaban J connectivity index is 2.42. The fourth-order valence-corrected chi connectivity index (χ4v) is 1.44. The molecular weight excluding hydrogens is 212 g/mol. The highest BCUT2D eigenvalue weighted by Gasteiger charge is 2.04. The van der Waals surface area contributed by atoms with Gasteiger partial charge in [-0.2, -0.15) is 0 Å². The fraction of sp³-hybridized carbons (Fsp3) is 0.0909. The average molecular weight is 221 g/mol. The smallest absolute Gasteiger partial charge is 0.160 e. The van der Waals surface area contributed by atoms with Crippen LogP contribution < -0.4 is 0 Å². The van der Waals surface area contributed by atoms with Crippen LogP contribution in [0.25, 0.3) is 11.4 Å². The van der Waals surface area contributed by atoms with E-state index in [1.807, 2.05) is 18.2 Å². The molecule has 0 amide bonds. The van der Waals surface area contributed by atoms with E-state index in [9.17, 15) is 0 Å². The van der Waals surface area contributed by atoms with Crippen molar-refractivity contribution in [1.29, 1.82) is 0 Å². The number of halogens is 1. The molecule has 0 aliphatic heterocycles. The molecule has 15 heavy (non-hydrogen) atoms. The minimum atomic E-state index is -0.0528. The second kappa shape index (κ2) is 4.38. The molecule has 0 unspecified atom stereocenters. The van der Waals surface area contributed by atoms with Crippen molar-refractivity contribution in [2.24, 2.45) is 0 Å². The molecule has 0 atom stereocenters. The van der Waals surface area contributed by atoms with E-state index in [0.29, 0.717) is 16.4 Å². The molecule has 1 aromatic heterocycles. The second-order valence-electron chi connectivity index (χ2n) is 3.05. The molecule has 3 nitrogen and oxygen atoms in total. The molecule has 1 aromatic carbocycles. The molecule has 2 rings (SSSR count). The van der Waals surface area contributed by atoms with E-state index in [1.54, 1.807) is 18.5 Å². The van der Waals surface area contributed by atoms with E-state index in [4.69, 9.17) is 16.7 Å². The van der Waals surface area contributed by atoms with Gasteiger partial charge in [-0.25, -0.2) is 9.97 Å². The molecule has 0 saturated heterocycles. The average Bonchev–Trinajstić information content (AvgIpc) is 2.30. The summed E-state index contributed by atoms with van der Waals surface area (Å²) in [5, 5.41) is 9.47. The Labute approximate surface area is 92.4 Å². The molecule has 4 heteroatoms. The van der Waals surface area contributed by atoms with Crippen LogP contribution in [0.5, 0.6) is 0 Å². The van der Waals surface area contributed by atoms with Crippen LogP contribution in [-0.2, 0) is 6.61 Å². The summed E-state index contributed by atoms with van der Waals surface area (Å²) in [5.74, 6) is 0.567. The first-order valence-electron chi connectivity index (χ1n) is 4.48. The maximum atomic E-state index is 8.85. The van der Waals surface area contributed by atoms with E-state index in [2.05, 4.69) is 9.97 Å². The molecule has 2 aromatic rings. The van der Waals surface area contributed by atoms with Crippen molar-refractivity contribution in [3.8, 4) is 11.4 Å². The first-order chi connectivity index (χ1) is 7.31. The third-order valence-corrected chi connectivity index (χ3v) is 2.33. The quantitative estimate of drug-likeness (QED) is 0.845. The van der Waals surface area contributed by atoms with Gasteiger partial charge in [0.25, 0.3) is 0 Å². The Morgan fingerprint density at radius 1 is 1.13 bits per heavy atom. The van der Waals surface area contributed by atoms with Gasteiger partial charge in [0.1, 0.15) is 0 Å². The second-order valence-corrected chi connectivity index (χ2v) is 3.46. The van der Waals surface area contributed by atoms with Crippen LogP contribution in [0.2, 0.25) is 5.02 Å². The maximum absolute atomic E-state index is 8.85. The molecule has 76 valence electrons. The largest absolute Gasteiger partial charge is 0.392 e. The highest BCUT2D eigenvalue weighted by molar-refractivity contribution is 6.33. The number of hydrogen-bond donors (Lipinski definition) is 1. The first kappa shape index (κ1) is 10.1. The van der Waals surface area contributed by atoms with E-state index in [-0.39, 0.29) is 6.61 Å². The molecule has 0 aliphatic carbocycles. The lowest BCUT2D eigenvalue weighted by Gasteiger charge is -2.02. The van der Waals surface area contributed by atoms with Crippen molar-refractivity contribution in [2.45, 2.75) is 6.61 Å². The predicted octanol–water partition coefficient (Wildman–Crippen LogP) is 2.29. The lowest BCUT2D eigenvalue weighted by atomic mass is 10.2. The van der Waals surface area contributed by atoms with E-state index < -0.39 is 0 Å². The molecule has 0 spiro atoms. The fourth-order valence-electron chi connectivity index (χ4n) is 1.22. The molecule has 0 saturated carbocycles. The van der Waals surface area contributed by atoms with Gasteiger partial charge in [0.2, 0.25) is 0 Å². The highest BCUT2D eigenvalue weighted by Crippen LogP contribution is 2.23. The third-order valence-electron chi connectivity index (χ3n) is 2.00. The van der Waals surface area contributed by atoms with Crippen molar-refractivity contribution in [3.05, 3.63) is 47.2 Å². The van der Waals surface area contributed by atoms with E-state index in [1.165, 1.54) is 0 Å². The Morgan fingerprint density at radius 2 is 1.80 bits per heavy atom. The normalized spacial score (nSPS) is 10.3. The number of aromatic nitrogens is 2. The van der Waals surface area contributed by atoms with Gasteiger partial charge in [0.05, 0.1) is 11.6 Å². The van der Waals surface area contributed by atoms with Gasteiger partial charge in [0, 0.05) is 23.5 Å². The van der Waals surface area contributed by atoms with Crippen LogP contribution in [0.15, 0.2) is 36.7 Å². The first-order valence-corrected chi connectivity index (χ1v) is 4.86. The summed E-state index contributed by atoms with van der Waals surface area (Å²) in [6, 6.07) is 7.38. The molecule has 0 bridgehead atoms. The van der Waals surface area contributed by atoms with Gasteiger partial charge < -0.3 is 5.11 Å². The Morgan fingerprint density at radius 3 is 2.40 bits per heavy atom. The zero-order chi connectivity index (χ0) is 10.7. The van der Waals surface area contributed by atoms with Gasteiger partial charge in [-0.05, 0) is 12.1 Å². The number of aliphatic hydroxyl groups is 1. The van der Waals surface area contributed by atoms with Crippen LogP contribution in [0.1, 0.15) is 5.56 Å². The van der Waals surface area contributed by atoms with Gasteiger partial charge >= 0.3 is 0 Å². The summed E-state index contributed by atoms with van der Waals surface area (Å²) in [6.07, 6.45) is 3.18. The van der Waals surface area contributed by atoms with E-state index >= 15 is 0 Å². The lowest BCUT2D eigenvalue weighted by Crippen LogP contribution is -1.92. The van der Waals surface area contributed by atoms with Crippen LogP contribution in [0.4, 0.5) is 0 Å². The van der Waals surface area contributed by atoms with Gasteiger partial charge in [-0.1, -0.05) is 23.7 Å². The monoisotopic (exact) mass is 220 g/mol. The molecule has 0 aliphatic rings. The summed E-state index contributed by atoms with van der Waals surface area (Å²) in [4.78, 5) is 8.25. The standard InChI is InChI=1S/C11H9ClN2O/c12-10-4-2-1-3-9(10)11-13-5-8(7-15)6-14-11/h1-6,15H,7H2. The molecule has 0 radical (unpaired) electrons. The third kappa shape index (κ3) is 2.14. The molecule has 0 fully saturated rings. The van der Waals surface area contributed by atoms with Gasteiger partial charge in [0.15, 0.2) is 5.82 Å². The zero-order valence-electron chi connectivity index (χ0n) is 7.89. The number of hydrogen-bond acceptors (Lipinski definition) is 3. The molecular formula is C11H9ClN2O. The topological polar surface area (TPSA) is 46.0 Å². The van der Waals surface area contributed by atoms with Gasteiger partial charge in [-0.15, -0.1) is 0 Å². The SMILES string of the molecule is OCc1cnc(-c2ccccc2Cl)nc1. The molecule has 1 heterocycles. The highest BCUT2D eigenvalue weighted by atomic mass is 35.5. The Hall–Kier alpha value is -1.45. The predicted molar refractivity (Wildman–Crippen MR) is 58.4 cm³/mol. The van der Waals surface area contributed by atoms with Gasteiger partial charge in [-0.3, -0.25) is 0 Å². The van der Waals surface area contributed by atoms with Crippen molar-refractivity contribution < 1.29 is 5.11 Å². The van der Waals surface area contributed by atoms with Crippen molar-refractivity contribution >= 4 is 11.6 Å². The number of aliphatic hydroxyl groups excluding tert-OH is 1. The minimum absolute atomic E-state index is 0.0528. The number of nitrogens with zero attached hydrogens (tertiary/aromatic N) is 2. The van der Waals surface area contributed by atoms with Crippen LogP contribution in [0, 0.1) is 0 Å². The van der Waals surface area contributed by atoms with Crippen molar-refractivity contribution in [2.75, 3.05) is 0 Å². The van der Waals surface area contributed by atoms with E-state index in [0.717, 1.165) is 5.56 Å². The summed E-state index contributed by atoms with van der Waals surface area (Å²) < 4.78 is 0. The maximum Gasteiger partial charge on any atom is 0.160 e. The Kier molecular flexibility index (Phi) is 2.94. The summed E-state index contributed by atoms with van der Waals surface area (Å²) in [7, 11) is 0.